The highest BCUT2D eigenvalue weighted by molar-refractivity contribution is 7.89. The van der Waals surface area contributed by atoms with Crippen molar-refractivity contribution in [3.05, 3.63) is 72.6 Å². The molecule has 4 rings (SSSR count). The third kappa shape index (κ3) is 5.46. The predicted octanol–water partition coefficient (Wildman–Crippen LogP) is 1.53. The average Bonchev–Trinajstić information content (AvgIpc) is 3.19. The molecular formula is C21H24N10O2S. The number of hydrogen-bond acceptors (Lipinski definition) is 10. The van der Waals surface area contributed by atoms with Crippen molar-refractivity contribution in [1.82, 2.24) is 24.7 Å². The van der Waals surface area contributed by atoms with Gasteiger partial charge in [0.1, 0.15) is 12.1 Å². The molecule has 34 heavy (non-hydrogen) atoms. The van der Waals surface area contributed by atoms with Gasteiger partial charge in [-0.15, -0.1) is 5.10 Å². The van der Waals surface area contributed by atoms with E-state index in [0.717, 1.165) is 5.56 Å². The van der Waals surface area contributed by atoms with Gasteiger partial charge in [0, 0.05) is 11.8 Å². The van der Waals surface area contributed by atoms with Crippen LogP contribution < -0.4 is 27.2 Å². The topological polar surface area (TPSA) is 193 Å². The van der Waals surface area contributed by atoms with E-state index in [2.05, 4.69) is 30.7 Å². The first kappa shape index (κ1) is 23.1. The first-order valence-electron chi connectivity index (χ1n) is 10.3. The Balaban J connectivity index is 1.53. The number of nitrogens with two attached hydrogens (primary N) is 3. The van der Waals surface area contributed by atoms with Gasteiger partial charge in [-0.2, -0.15) is 9.67 Å². The second-order valence-corrected chi connectivity index (χ2v) is 8.91. The molecule has 13 heteroatoms. The van der Waals surface area contributed by atoms with Gasteiger partial charge < -0.3 is 22.1 Å². The van der Waals surface area contributed by atoms with Crippen molar-refractivity contribution in [2.24, 2.45) is 10.9 Å². The first-order chi connectivity index (χ1) is 16.3. The number of nitrogens with one attached hydrogen (secondary N) is 2. The van der Waals surface area contributed by atoms with Crippen molar-refractivity contribution >= 4 is 33.4 Å². The van der Waals surface area contributed by atoms with Crippen LogP contribution in [0.1, 0.15) is 18.0 Å². The Morgan fingerprint density at radius 3 is 2.44 bits per heavy atom. The number of anilines is 4. The number of rotatable bonds is 9. The number of nitrogen functional groups attached to an aromatic ring is 1. The molecule has 0 bridgehead atoms. The quantitative estimate of drug-likeness (QED) is 0.234. The summed E-state index contributed by atoms with van der Waals surface area (Å²) in [7, 11) is -3.78. The van der Waals surface area contributed by atoms with Gasteiger partial charge >= 0.3 is 0 Å². The molecule has 12 nitrogen and oxygen atoms in total. The lowest BCUT2D eigenvalue weighted by Gasteiger charge is -2.19. The molecule has 0 aliphatic rings. The summed E-state index contributed by atoms with van der Waals surface area (Å²) >= 11 is 0. The van der Waals surface area contributed by atoms with Crippen molar-refractivity contribution in [3.8, 4) is 5.82 Å². The minimum atomic E-state index is -3.78. The second kappa shape index (κ2) is 9.82. The van der Waals surface area contributed by atoms with E-state index in [1.165, 1.54) is 23.1 Å². The van der Waals surface area contributed by atoms with E-state index in [4.69, 9.17) is 16.6 Å². The Morgan fingerprint density at radius 1 is 1.03 bits per heavy atom. The Bertz CT molecular complexity index is 1360. The largest absolute Gasteiger partial charge is 0.368 e. The van der Waals surface area contributed by atoms with Crippen LogP contribution in [-0.4, -0.2) is 39.7 Å². The number of aromatic nitrogens is 5. The zero-order chi connectivity index (χ0) is 24.1. The summed E-state index contributed by atoms with van der Waals surface area (Å²) in [6.07, 6.45) is 2.12. The van der Waals surface area contributed by atoms with Crippen LogP contribution in [0.3, 0.4) is 0 Å². The van der Waals surface area contributed by atoms with E-state index in [1.807, 2.05) is 30.3 Å². The Kier molecular flexibility index (Phi) is 6.67. The maximum Gasteiger partial charge on any atom is 0.248 e. The normalized spacial score (nSPS) is 12.3. The highest BCUT2D eigenvalue weighted by Gasteiger charge is 2.15. The van der Waals surface area contributed by atoms with Gasteiger partial charge in [0.05, 0.1) is 10.9 Å². The number of sulfonamides is 1. The van der Waals surface area contributed by atoms with Crippen LogP contribution in [0, 0.1) is 0 Å². The van der Waals surface area contributed by atoms with Crippen molar-refractivity contribution in [3.63, 3.8) is 0 Å². The Labute approximate surface area is 196 Å². The van der Waals surface area contributed by atoms with Crippen LogP contribution in [0.25, 0.3) is 5.82 Å². The molecule has 0 unspecified atom stereocenters. The fraction of sp³-hybridized carbons (Fsp3) is 0.143. The Hall–Kier alpha value is -4.07. The minimum Gasteiger partial charge on any atom is -0.368 e. The summed E-state index contributed by atoms with van der Waals surface area (Å²) in [5.74, 6) is 1.31. The third-order valence-corrected chi connectivity index (χ3v) is 5.85. The monoisotopic (exact) mass is 480 g/mol. The minimum absolute atomic E-state index is 0.000472. The molecule has 0 saturated heterocycles. The van der Waals surface area contributed by atoms with Crippen molar-refractivity contribution in [2.75, 3.05) is 22.9 Å². The molecule has 0 saturated carbocycles. The summed E-state index contributed by atoms with van der Waals surface area (Å²) < 4.78 is 24.2. The maximum absolute atomic E-state index is 11.4. The van der Waals surface area contributed by atoms with Crippen LogP contribution in [0.5, 0.6) is 0 Å². The zero-order valence-corrected chi connectivity index (χ0v) is 18.9. The first-order valence-corrected chi connectivity index (χ1v) is 11.8. The number of nitrogens with zero attached hydrogens (tertiary/aromatic N) is 5. The molecule has 0 radical (unpaired) electrons. The lowest BCUT2D eigenvalue weighted by molar-refractivity contribution is 0.598. The van der Waals surface area contributed by atoms with E-state index in [0.29, 0.717) is 30.3 Å². The molecular weight excluding hydrogens is 456 g/mol. The summed E-state index contributed by atoms with van der Waals surface area (Å²) in [6, 6.07) is 17.5. The molecule has 2 aromatic heterocycles. The van der Waals surface area contributed by atoms with Crippen LogP contribution in [0.2, 0.25) is 0 Å². The fourth-order valence-electron chi connectivity index (χ4n) is 3.30. The molecule has 8 N–H and O–H groups in total. The van der Waals surface area contributed by atoms with Crippen LogP contribution in [0.15, 0.2) is 71.9 Å². The maximum atomic E-state index is 11.4. The summed E-state index contributed by atoms with van der Waals surface area (Å²) in [4.78, 5) is 12.8. The molecule has 0 aliphatic heterocycles. The van der Waals surface area contributed by atoms with Crippen molar-refractivity contribution in [1.29, 1.82) is 0 Å². The van der Waals surface area contributed by atoms with Crippen LogP contribution >= 0.6 is 0 Å². The summed E-state index contributed by atoms with van der Waals surface area (Å²) in [5, 5.41) is 15.8. The highest BCUT2D eigenvalue weighted by atomic mass is 32.2. The van der Waals surface area contributed by atoms with Gasteiger partial charge in [-0.25, -0.2) is 23.5 Å². The van der Waals surface area contributed by atoms with Crippen LogP contribution in [-0.2, 0) is 10.0 Å². The number of primary sulfonamides is 1. The lowest BCUT2D eigenvalue weighted by atomic mass is 10.0. The van der Waals surface area contributed by atoms with Crippen LogP contribution in [0.4, 0.5) is 23.4 Å². The standard InChI is InChI=1S/C21H24N10O2S/c22-11-10-17(14-4-2-1-3-5-14)28-18-12-19(26-13-25-18)31-20(23)29-21(30-31)27-15-6-8-16(9-7-15)34(24,32)33/h1-9,12-13,17H,10-11,22H2,(H2,24,32,33)(H,25,26,28)(H3,23,27,29,30)/t17-/m1/s1. The van der Waals surface area contributed by atoms with Gasteiger partial charge in [-0.05, 0) is 42.8 Å². The zero-order valence-electron chi connectivity index (χ0n) is 18.0. The number of hydrogen-bond donors (Lipinski definition) is 5. The molecule has 176 valence electrons. The van der Waals surface area contributed by atoms with Gasteiger partial charge in [-0.1, -0.05) is 30.3 Å². The lowest BCUT2D eigenvalue weighted by Crippen LogP contribution is -2.16. The molecule has 0 amide bonds. The smallest absolute Gasteiger partial charge is 0.248 e. The van der Waals surface area contributed by atoms with E-state index < -0.39 is 10.0 Å². The number of benzene rings is 2. The van der Waals surface area contributed by atoms with Gasteiger partial charge in [-0.3, -0.25) is 0 Å². The molecule has 2 aromatic carbocycles. The summed E-state index contributed by atoms with van der Waals surface area (Å²) in [6.45, 7) is 0.508. The molecule has 2 heterocycles. The predicted molar refractivity (Wildman–Crippen MR) is 129 cm³/mol. The molecule has 0 fully saturated rings. The molecule has 1 atom stereocenters. The van der Waals surface area contributed by atoms with Gasteiger partial charge in [0.25, 0.3) is 0 Å². The van der Waals surface area contributed by atoms with E-state index in [1.54, 1.807) is 18.2 Å². The van der Waals surface area contributed by atoms with Gasteiger partial charge in [0.2, 0.25) is 21.9 Å². The van der Waals surface area contributed by atoms with Crippen molar-refractivity contribution in [2.45, 2.75) is 17.4 Å². The van der Waals surface area contributed by atoms with E-state index >= 15 is 0 Å². The molecule has 0 spiro atoms. The summed E-state index contributed by atoms with van der Waals surface area (Å²) in [5.41, 5.74) is 13.5. The second-order valence-electron chi connectivity index (χ2n) is 7.35. The highest BCUT2D eigenvalue weighted by Crippen LogP contribution is 2.23. The third-order valence-electron chi connectivity index (χ3n) is 4.92. The van der Waals surface area contributed by atoms with E-state index in [-0.39, 0.29) is 22.8 Å². The Morgan fingerprint density at radius 2 is 1.76 bits per heavy atom. The van der Waals surface area contributed by atoms with Gasteiger partial charge in [0.15, 0.2) is 5.82 Å². The van der Waals surface area contributed by atoms with E-state index in [9.17, 15) is 8.42 Å². The molecule has 4 aromatic rings. The fourth-order valence-corrected chi connectivity index (χ4v) is 3.81. The van der Waals surface area contributed by atoms with Crippen molar-refractivity contribution < 1.29 is 8.42 Å². The average molecular weight is 481 g/mol. The SMILES string of the molecule is NCC[C@@H](Nc1cc(-n2nc(Nc3ccc(S(N)(=O)=O)cc3)nc2N)ncn1)c1ccccc1. The molecule has 0 aliphatic carbocycles.